The smallest absolute Gasteiger partial charge is 0.161 e. The van der Waals surface area contributed by atoms with Gasteiger partial charge in [0.1, 0.15) is 5.82 Å². The van der Waals surface area contributed by atoms with Crippen LogP contribution in [0.1, 0.15) is 31.0 Å². The van der Waals surface area contributed by atoms with Crippen LogP contribution in [0.3, 0.4) is 0 Å². The second kappa shape index (κ2) is 3.51. The van der Waals surface area contributed by atoms with Crippen LogP contribution in [-0.4, -0.2) is 22.1 Å². The molecule has 1 aromatic carbocycles. The van der Waals surface area contributed by atoms with Gasteiger partial charge in [-0.3, -0.25) is 0 Å². The van der Waals surface area contributed by atoms with Gasteiger partial charge in [0.2, 0.25) is 0 Å². The van der Waals surface area contributed by atoms with Crippen LogP contribution in [0.25, 0.3) is 11.0 Å². The molecule has 2 fully saturated rings. The van der Waals surface area contributed by atoms with Crippen molar-refractivity contribution >= 4 is 11.0 Å². The van der Waals surface area contributed by atoms with E-state index in [4.69, 9.17) is 0 Å². The minimum absolute atomic E-state index is 0.349. The molecule has 0 radical (unpaired) electrons. The minimum atomic E-state index is -0.841. The zero-order valence-electron chi connectivity index (χ0n) is 9.71. The fourth-order valence-corrected chi connectivity index (χ4v) is 3.33. The highest BCUT2D eigenvalue weighted by Gasteiger charge is 2.41. The number of nitrogens with one attached hydrogen (secondary N) is 2. The maximum Gasteiger partial charge on any atom is 0.161 e. The van der Waals surface area contributed by atoms with Crippen LogP contribution in [0.4, 0.5) is 8.78 Å². The molecule has 2 N–H and O–H groups in total. The van der Waals surface area contributed by atoms with Crippen LogP contribution in [-0.2, 0) is 0 Å². The molecule has 18 heavy (non-hydrogen) atoms. The maximum absolute atomic E-state index is 13.1. The highest BCUT2D eigenvalue weighted by molar-refractivity contribution is 5.75. The lowest BCUT2D eigenvalue weighted by Gasteiger charge is -2.17. The summed E-state index contributed by atoms with van der Waals surface area (Å²) in [5, 5.41) is 3.54. The SMILES string of the molecule is Fc1cc2nc(C3CC4CCC3N4)[nH]c2cc1F. The first-order valence-corrected chi connectivity index (χ1v) is 6.31. The van der Waals surface area contributed by atoms with E-state index < -0.39 is 11.6 Å². The summed E-state index contributed by atoms with van der Waals surface area (Å²) < 4.78 is 26.3. The van der Waals surface area contributed by atoms with Gasteiger partial charge < -0.3 is 10.3 Å². The first-order valence-electron chi connectivity index (χ1n) is 6.31. The summed E-state index contributed by atoms with van der Waals surface area (Å²) in [6, 6.07) is 3.39. The lowest BCUT2D eigenvalue weighted by Crippen LogP contribution is -2.22. The zero-order valence-corrected chi connectivity index (χ0v) is 9.71. The number of rotatable bonds is 1. The van der Waals surface area contributed by atoms with E-state index in [1.165, 1.54) is 12.5 Å². The number of fused-ring (bicyclic) bond motifs is 3. The number of benzene rings is 1. The lowest BCUT2D eigenvalue weighted by molar-refractivity contribution is 0.491. The summed E-state index contributed by atoms with van der Waals surface area (Å²) in [7, 11) is 0. The number of halogens is 2. The highest BCUT2D eigenvalue weighted by Crippen LogP contribution is 2.39. The molecule has 0 amide bonds. The maximum atomic E-state index is 13.1. The monoisotopic (exact) mass is 249 g/mol. The van der Waals surface area contributed by atoms with Crippen molar-refractivity contribution in [2.75, 3.05) is 0 Å². The number of hydrogen-bond acceptors (Lipinski definition) is 2. The van der Waals surface area contributed by atoms with E-state index in [0.717, 1.165) is 24.7 Å². The quantitative estimate of drug-likeness (QED) is 0.815. The molecule has 1 aromatic heterocycles. The summed E-state index contributed by atoms with van der Waals surface area (Å²) in [4.78, 5) is 7.55. The van der Waals surface area contributed by atoms with Crippen molar-refractivity contribution in [1.82, 2.24) is 15.3 Å². The van der Waals surface area contributed by atoms with Crippen LogP contribution < -0.4 is 5.32 Å². The molecule has 2 saturated heterocycles. The molecule has 3 unspecified atom stereocenters. The Labute approximate surface area is 103 Å². The van der Waals surface area contributed by atoms with Crippen molar-refractivity contribution in [3.8, 4) is 0 Å². The second-order valence-corrected chi connectivity index (χ2v) is 5.30. The van der Waals surface area contributed by atoms with Gasteiger partial charge in [0.05, 0.1) is 11.0 Å². The van der Waals surface area contributed by atoms with Gasteiger partial charge in [-0.05, 0) is 19.3 Å². The van der Waals surface area contributed by atoms with Crippen molar-refractivity contribution in [2.24, 2.45) is 0 Å². The Morgan fingerprint density at radius 2 is 2.00 bits per heavy atom. The average Bonchev–Trinajstić information content (AvgIpc) is 3.02. The Balaban J connectivity index is 1.77. The van der Waals surface area contributed by atoms with Gasteiger partial charge >= 0.3 is 0 Å². The first kappa shape index (κ1) is 10.4. The predicted molar refractivity (Wildman–Crippen MR) is 63.3 cm³/mol. The fourth-order valence-electron chi connectivity index (χ4n) is 3.33. The topological polar surface area (TPSA) is 40.7 Å². The standard InChI is InChI=1S/C13H13F2N3/c14-8-4-11-12(5-9(8)15)18-13(17-11)7-3-6-1-2-10(7)16-6/h4-7,10,16H,1-3H2,(H,17,18). The molecule has 94 valence electrons. The molecule has 3 nitrogen and oxygen atoms in total. The molecule has 0 spiro atoms. The van der Waals surface area contributed by atoms with E-state index in [-0.39, 0.29) is 0 Å². The second-order valence-electron chi connectivity index (χ2n) is 5.30. The van der Waals surface area contributed by atoms with Crippen LogP contribution in [0, 0.1) is 11.6 Å². The average molecular weight is 249 g/mol. The summed E-state index contributed by atoms with van der Waals surface area (Å²) in [6.45, 7) is 0. The van der Waals surface area contributed by atoms with Gasteiger partial charge in [-0.2, -0.15) is 0 Å². The van der Waals surface area contributed by atoms with Crippen molar-refractivity contribution in [2.45, 2.75) is 37.3 Å². The molecule has 4 rings (SSSR count). The van der Waals surface area contributed by atoms with Crippen molar-refractivity contribution in [3.63, 3.8) is 0 Å². The van der Waals surface area contributed by atoms with Crippen LogP contribution in [0.2, 0.25) is 0 Å². The Bertz CT molecular complexity index is 583. The van der Waals surface area contributed by atoms with Crippen LogP contribution in [0.5, 0.6) is 0 Å². The number of imidazole rings is 1. The van der Waals surface area contributed by atoms with Gasteiger partial charge in [0.25, 0.3) is 0 Å². The summed E-state index contributed by atoms with van der Waals surface area (Å²) >= 11 is 0. The highest BCUT2D eigenvalue weighted by atomic mass is 19.2. The Morgan fingerprint density at radius 3 is 2.72 bits per heavy atom. The molecular formula is C13H13F2N3. The van der Waals surface area contributed by atoms with Crippen molar-refractivity contribution in [3.05, 3.63) is 29.6 Å². The predicted octanol–water partition coefficient (Wildman–Crippen LogP) is 2.45. The van der Waals surface area contributed by atoms with Gasteiger partial charge in [-0.25, -0.2) is 13.8 Å². The Kier molecular flexibility index (Phi) is 2.03. The largest absolute Gasteiger partial charge is 0.342 e. The molecule has 3 heterocycles. The molecule has 0 aliphatic carbocycles. The number of nitrogens with zero attached hydrogens (tertiary/aromatic N) is 1. The third-order valence-electron chi connectivity index (χ3n) is 4.19. The van der Waals surface area contributed by atoms with E-state index in [2.05, 4.69) is 15.3 Å². The number of hydrogen-bond donors (Lipinski definition) is 2. The molecule has 2 bridgehead atoms. The number of aromatic amines is 1. The van der Waals surface area contributed by atoms with Gasteiger partial charge in [0, 0.05) is 30.1 Å². The third-order valence-corrected chi connectivity index (χ3v) is 4.19. The molecule has 5 heteroatoms. The molecular weight excluding hydrogens is 236 g/mol. The van der Waals surface area contributed by atoms with E-state index >= 15 is 0 Å². The van der Waals surface area contributed by atoms with Crippen molar-refractivity contribution < 1.29 is 8.78 Å². The third kappa shape index (κ3) is 1.40. The molecule has 0 saturated carbocycles. The van der Waals surface area contributed by atoms with Crippen LogP contribution in [0.15, 0.2) is 12.1 Å². The summed E-state index contributed by atoms with van der Waals surface area (Å²) in [6.07, 6.45) is 3.45. The minimum Gasteiger partial charge on any atom is -0.342 e. The van der Waals surface area contributed by atoms with E-state index in [9.17, 15) is 8.78 Å². The zero-order chi connectivity index (χ0) is 12.3. The molecule has 2 aliphatic rings. The van der Waals surface area contributed by atoms with Gasteiger partial charge in [0.15, 0.2) is 11.6 Å². The van der Waals surface area contributed by atoms with Crippen molar-refractivity contribution in [1.29, 1.82) is 0 Å². The Morgan fingerprint density at radius 1 is 1.17 bits per heavy atom. The molecule has 2 aromatic rings. The number of H-pyrrole nitrogens is 1. The molecule has 2 aliphatic heterocycles. The molecule has 3 atom stereocenters. The normalized spacial score (nSPS) is 30.4. The summed E-state index contributed by atoms with van der Waals surface area (Å²) in [5.41, 5.74) is 1.08. The fraction of sp³-hybridized carbons (Fsp3) is 0.462. The number of aromatic nitrogens is 2. The van der Waals surface area contributed by atoms with E-state index in [1.807, 2.05) is 0 Å². The Hall–Kier alpha value is -1.49. The van der Waals surface area contributed by atoms with E-state index in [1.54, 1.807) is 0 Å². The van der Waals surface area contributed by atoms with E-state index in [0.29, 0.717) is 29.0 Å². The lowest BCUT2D eigenvalue weighted by atomic mass is 9.89. The van der Waals surface area contributed by atoms with Gasteiger partial charge in [-0.15, -0.1) is 0 Å². The van der Waals surface area contributed by atoms with Gasteiger partial charge in [-0.1, -0.05) is 0 Å². The summed E-state index contributed by atoms with van der Waals surface area (Å²) in [5.74, 6) is -0.465. The van der Waals surface area contributed by atoms with Crippen LogP contribution >= 0.6 is 0 Å². The first-order chi connectivity index (χ1) is 8.70.